The van der Waals surface area contributed by atoms with Crippen molar-refractivity contribution < 1.29 is 14.3 Å². The van der Waals surface area contributed by atoms with Gasteiger partial charge in [-0.15, -0.1) is 0 Å². The molecule has 0 aliphatic carbocycles. The summed E-state index contributed by atoms with van der Waals surface area (Å²) >= 11 is 0. The van der Waals surface area contributed by atoms with E-state index in [-0.39, 0.29) is 18.0 Å². The van der Waals surface area contributed by atoms with Crippen LogP contribution in [0.3, 0.4) is 0 Å². The van der Waals surface area contributed by atoms with Crippen LogP contribution in [0.2, 0.25) is 0 Å². The van der Waals surface area contributed by atoms with E-state index in [1.807, 2.05) is 62.4 Å². The van der Waals surface area contributed by atoms with Crippen molar-refractivity contribution in [3.05, 3.63) is 82.9 Å². The normalized spacial score (nSPS) is 10.9. The third-order valence-corrected chi connectivity index (χ3v) is 5.33. The van der Waals surface area contributed by atoms with Crippen LogP contribution in [-0.4, -0.2) is 39.8 Å². The Bertz CT molecular complexity index is 1330. The average Bonchev–Trinajstić information content (AvgIpc) is 3.29. The van der Waals surface area contributed by atoms with Gasteiger partial charge in [-0.3, -0.25) is 9.59 Å². The van der Waals surface area contributed by atoms with Gasteiger partial charge in [0.05, 0.1) is 18.9 Å². The van der Waals surface area contributed by atoms with Gasteiger partial charge in [-0.25, -0.2) is 4.52 Å². The van der Waals surface area contributed by atoms with E-state index in [9.17, 15) is 9.59 Å². The SMILES string of the molecule is CCOc1ccc(CCNC(=O)Cn2ccn3nc(-c4ccccc4)cc3c2=O)cc1OCC. The van der Waals surface area contributed by atoms with Crippen molar-refractivity contribution in [2.45, 2.75) is 26.8 Å². The number of amides is 1. The van der Waals surface area contributed by atoms with E-state index in [4.69, 9.17) is 9.47 Å². The molecule has 0 saturated heterocycles. The molecule has 2 aromatic heterocycles. The third kappa shape index (κ3) is 5.28. The number of fused-ring (bicyclic) bond motifs is 1. The molecular formula is C26H28N4O4. The molecule has 0 aliphatic heterocycles. The van der Waals surface area contributed by atoms with Gasteiger partial charge in [-0.05, 0) is 44.0 Å². The first-order valence-corrected chi connectivity index (χ1v) is 11.4. The molecule has 4 aromatic rings. The molecule has 8 nitrogen and oxygen atoms in total. The van der Waals surface area contributed by atoms with E-state index >= 15 is 0 Å². The zero-order chi connectivity index (χ0) is 23.9. The van der Waals surface area contributed by atoms with Crippen molar-refractivity contribution >= 4 is 11.4 Å². The second-order valence-corrected chi connectivity index (χ2v) is 7.70. The molecule has 0 unspecified atom stereocenters. The monoisotopic (exact) mass is 460 g/mol. The summed E-state index contributed by atoms with van der Waals surface area (Å²) in [7, 11) is 0. The molecule has 0 spiro atoms. The Labute approximate surface area is 197 Å². The second kappa shape index (κ2) is 10.7. The van der Waals surface area contributed by atoms with Crippen LogP contribution in [0, 0.1) is 0 Å². The standard InChI is InChI=1S/C26H28N4O4/c1-3-33-23-11-10-19(16-24(23)34-4-2)12-13-27-25(31)18-29-14-15-30-22(26(29)32)17-21(28-30)20-8-6-5-7-9-20/h5-11,14-17H,3-4,12-13,18H2,1-2H3,(H,27,31). The number of hydrogen-bond acceptors (Lipinski definition) is 5. The van der Waals surface area contributed by atoms with Crippen molar-refractivity contribution in [2.24, 2.45) is 0 Å². The lowest BCUT2D eigenvalue weighted by Gasteiger charge is -2.13. The number of nitrogens with one attached hydrogen (secondary N) is 1. The lowest BCUT2D eigenvalue weighted by atomic mass is 10.1. The molecule has 0 aliphatic rings. The summed E-state index contributed by atoms with van der Waals surface area (Å²) in [4.78, 5) is 25.4. The first kappa shape index (κ1) is 23.1. The van der Waals surface area contributed by atoms with Gasteiger partial charge >= 0.3 is 0 Å². The molecule has 176 valence electrons. The molecule has 0 saturated carbocycles. The predicted molar refractivity (Wildman–Crippen MR) is 130 cm³/mol. The van der Waals surface area contributed by atoms with Gasteiger partial charge in [-0.1, -0.05) is 36.4 Å². The maximum Gasteiger partial charge on any atom is 0.277 e. The van der Waals surface area contributed by atoms with Crippen molar-refractivity contribution in [1.82, 2.24) is 19.5 Å². The molecule has 8 heteroatoms. The van der Waals surface area contributed by atoms with E-state index in [1.165, 1.54) is 4.57 Å². The zero-order valence-electron chi connectivity index (χ0n) is 19.4. The van der Waals surface area contributed by atoms with Crippen LogP contribution in [0.4, 0.5) is 0 Å². The Morgan fingerprint density at radius 3 is 2.50 bits per heavy atom. The van der Waals surface area contributed by atoms with E-state index in [1.54, 1.807) is 23.0 Å². The molecule has 1 N–H and O–H groups in total. The van der Waals surface area contributed by atoms with Gasteiger partial charge in [0.2, 0.25) is 5.91 Å². The fourth-order valence-electron chi connectivity index (χ4n) is 3.71. The van der Waals surface area contributed by atoms with E-state index in [2.05, 4.69) is 10.4 Å². The fraction of sp³-hybridized carbons (Fsp3) is 0.269. The van der Waals surface area contributed by atoms with Crippen LogP contribution in [0.15, 0.2) is 71.8 Å². The topological polar surface area (TPSA) is 86.9 Å². The summed E-state index contributed by atoms with van der Waals surface area (Å²) in [6.45, 7) is 5.34. The van der Waals surface area contributed by atoms with Crippen LogP contribution in [-0.2, 0) is 17.8 Å². The Morgan fingerprint density at radius 2 is 1.74 bits per heavy atom. The minimum Gasteiger partial charge on any atom is -0.490 e. The molecule has 34 heavy (non-hydrogen) atoms. The first-order chi connectivity index (χ1) is 16.6. The molecule has 1 amide bonds. The number of carbonyl (C=O) groups excluding carboxylic acids is 1. The Kier molecular flexibility index (Phi) is 7.27. The molecular weight excluding hydrogens is 432 g/mol. The number of hydrogen-bond donors (Lipinski definition) is 1. The number of aromatic nitrogens is 3. The van der Waals surface area contributed by atoms with Gasteiger partial charge in [-0.2, -0.15) is 5.10 Å². The van der Waals surface area contributed by atoms with Crippen LogP contribution < -0.4 is 20.3 Å². The van der Waals surface area contributed by atoms with Crippen molar-refractivity contribution in [3.8, 4) is 22.8 Å². The lowest BCUT2D eigenvalue weighted by molar-refractivity contribution is -0.121. The Balaban J connectivity index is 1.38. The molecule has 2 aromatic carbocycles. The van der Waals surface area contributed by atoms with Gasteiger partial charge in [0.15, 0.2) is 11.5 Å². The number of benzene rings is 2. The van der Waals surface area contributed by atoms with Crippen LogP contribution in [0.25, 0.3) is 16.8 Å². The van der Waals surface area contributed by atoms with Crippen LogP contribution in [0.1, 0.15) is 19.4 Å². The summed E-state index contributed by atoms with van der Waals surface area (Å²) in [6.07, 6.45) is 3.90. The molecule has 0 fully saturated rings. The quantitative estimate of drug-likeness (QED) is 0.392. The predicted octanol–water partition coefficient (Wildman–Crippen LogP) is 3.32. The first-order valence-electron chi connectivity index (χ1n) is 11.4. The summed E-state index contributed by atoms with van der Waals surface area (Å²) in [5.41, 5.74) is 2.82. The van der Waals surface area contributed by atoms with E-state index < -0.39 is 0 Å². The van der Waals surface area contributed by atoms with Gasteiger partial charge < -0.3 is 19.4 Å². The highest BCUT2D eigenvalue weighted by atomic mass is 16.5. The van der Waals surface area contributed by atoms with Crippen LogP contribution >= 0.6 is 0 Å². The van der Waals surface area contributed by atoms with Crippen molar-refractivity contribution in [1.29, 1.82) is 0 Å². The number of rotatable bonds is 10. The second-order valence-electron chi connectivity index (χ2n) is 7.70. The molecule has 2 heterocycles. The molecule has 0 radical (unpaired) electrons. The summed E-state index contributed by atoms with van der Waals surface area (Å²) in [6, 6.07) is 17.2. The van der Waals surface area contributed by atoms with E-state index in [0.717, 1.165) is 11.1 Å². The largest absolute Gasteiger partial charge is 0.490 e. The van der Waals surface area contributed by atoms with Gasteiger partial charge in [0.1, 0.15) is 12.1 Å². The van der Waals surface area contributed by atoms with Crippen LogP contribution in [0.5, 0.6) is 11.5 Å². The molecule has 0 atom stereocenters. The highest BCUT2D eigenvalue weighted by Gasteiger charge is 2.11. The molecule has 0 bridgehead atoms. The smallest absolute Gasteiger partial charge is 0.277 e. The maximum atomic E-state index is 12.9. The van der Waals surface area contributed by atoms with Crippen molar-refractivity contribution in [2.75, 3.05) is 19.8 Å². The minimum absolute atomic E-state index is 0.0609. The fourth-order valence-corrected chi connectivity index (χ4v) is 3.71. The van der Waals surface area contributed by atoms with Gasteiger partial charge in [0.25, 0.3) is 5.56 Å². The maximum absolute atomic E-state index is 12.9. The van der Waals surface area contributed by atoms with Gasteiger partial charge in [0, 0.05) is 24.5 Å². The lowest BCUT2D eigenvalue weighted by Crippen LogP contribution is -2.33. The highest BCUT2D eigenvalue weighted by Crippen LogP contribution is 2.28. The minimum atomic E-state index is -0.264. The highest BCUT2D eigenvalue weighted by molar-refractivity contribution is 5.76. The number of carbonyl (C=O) groups is 1. The Hall–Kier alpha value is -4.07. The summed E-state index contributed by atoms with van der Waals surface area (Å²) < 4.78 is 14.2. The Morgan fingerprint density at radius 1 is 0.971 bits per heavy atom. The van der Waals surface area contributed by atoms with E-state index in [0.29, 0.717) is 48.9 Å². The zero-order valence-corrected chi connectivity index (χ0v) is 19.4. The third-order valence-electron chi connectivity index (χ3n) is 5.33. The number of nitrogens with zero attached hydrogens (tertiary/aromatic N) is 3. The summed E-state index contributed by atoms with van der Waals surface area (Å²) in [5.74, 6) is 1.18. The molecule has 4 rings (SSSR count). The summed E-state index contributed by atoms with van der Waals surface area (Å²) in [5, 5.41) is 7.35. The number of ether oxygens (including phenoxy) is 2. The van der Waals surface area contributed by atoms with Crippen molar-refractivity contribution in [3.63, 3.8) is 0 Å². The average molecular weight is 461 g/mol.